The van der Waals surface area contributed by atoms with E-state index in [-0.39, 0.29) is 29.6 Å². The third-order valence-electron chi connectivity index (χ3n) is 9.87. The molecule has 1 aromatic rings. The van der Waals surface area contributed by atoms with E-state index in [0.29, 0.717) is 22.5 Å². The van der Waals surface area contributed by atoms with E-state index in [0.717, 1.165) is 38.5 Å². The summed E-state index contributed by atoms with van der Waals surface area (Å²) in [5, 5.41) is 32.1. The minimum absolute atomic E-state index is 0.0848. The molecule has 9 nitrogen and oxygen atoms in total. The monoisotopic (exact) mass is 502 g/mol. The van der Waals surface area contributed by atoms with Gasteiger partial charge in [0.1, 0.15) is 13.2 Å². The molecule has 9 heteroatoms. The Labute approximate surface area is 211 Å². The Kier molecular flexibility index (Phi) is 6.57. The van der Waals surface area contributed by atoms with Crippen molar-refractivity contribution < 1.29 is 34.5 Å². The highest BCUT2D eigenvalue weighted by Gasteiger charge is 2.58. The second kappa shape index (κ2) is 9.41. The molecule has 36 heavy (non-hydrogen) atoms. The highest BCUT2D eigenvalue weighted by molar-refractivity contribution is 5.82. The first-order valence-corrected chi connectivity index (χ1v) is 13.2. The summed E-state index contributed by atoms with van der Waals surface area (Å²) >= 11 is 0. The number of aliphatic hydroxyl groups excluding tert-OH is 1. The molecule has 4 aliphatic carbocycles. The van der Waals surface area contributed by atoms with Gasteiger partial charge < -0.3 is 30.2 Å². The molecule has 0 radical (unpaired) electrons. The molecule has 0 bridgehead atoms. The molecule has 5 rings (SSSR count). The predicted molar refractivity (Wildman–Crippen MR) is 130 cm³/mol. The van der Waals surface area contributed by atoms with Gasteiger partial charge in [-0.1, -0.05) is 25.5 Å². The van der Waals surface area contributed by atoms with Crippen molar-refractivity contribution >= 4 is 11.9 Å². The van der Waals surface area contributed by atoms with Gasteiger partial charge in [0.25, 0.3) is 0 Å². The minimum atomic E-state index is -0.837. The van der Waals surface area contributed by atoms with Crippen LogP contribution >= 0.6 is 0 Å². The van der Waals surface area contributed by atoms with Gasteiger partial charge in [0.15, 0.2) is 0 Å². The molecule has 7 unspecified atom stereocenters. The molecule has 3 fully saturated rings. The number of ether oxygens (including phenoxy) is 1. The average molecular weight is 503 g/mol. The Morgan fingerprint density at radius 3 is 2.56 bits per heavy atom. The zero-order valence-corrected chi connectivity index (χ0v) is 21.1. The molecule has 0 aromatic carbocycles. The topological polar surface area (TPSA) is 130 Å². The first-order valence-electron chi connectivity index (χ1n) is 13.2. The fourth-order valence-corrected chi connectivity index (χ4v) is 7.83. The van der Waals surface area contributed by atoms with Gasteiger partial charge in [-0.05, 0) is 80.0 Å². The van der Waals surface area contributed by atoms with Crippen molar-refractivity contribution in [2.75, 3.05) is 13.2 Å². The highest BCUT2D eigenvalue weighted by atomic mass is 16.7. The molecule has 0 saturated heterocycles. The fraction of sp³-hybridized carbons (Fsp3) is 0.704. The summed E-state index contributed by atoms with van der Waals surface area (Å²) in [4.78, 5) is 28.9. The van der Waals surface area contributed by atoms with Crippen molar-refractivity contribution in [2.24, 2.45) is 28.6 Å². The van der Waals surface area contributed by atoms with Crippen LogP contribution in [-0.2, 0) is 14.3 Å². The van der Waals surface area contributed by atoms with E-state index < -0.39 is 30.2 Å². The second-order valence-corrected chi connectivity index (χ2v) is 11.6. The summed E-state index contributed by atoms with van der Waals surface area (Å²) in [6.45, 7) is 4.14. The number of rotatable bonds is 6. The number of fused-ring (bicyclic) bond motifs is 5. The zero-order valence-electron chi connectivity index (χ0n) is 21.1. The number of carbonyl (C=O) groups excluding carboxylic acids is 2. The lowest BCUT2D eigenvalue weighted by Crippen LogP contribution is -2.51. The SMILES string of the molecule is CC12CCC(OCC(=O)NCC(=O)On3c(O)ccc3O)C=C1CCC1C2CCC2(C)C(O)CCC12. The summed E-state index contributed by atoms with van der Waals surface area (Å²) in [6.07, 6.45) is 10.4. The van der Waals surface area contributed by atoms with Crippen LogP contribution < -0.4 is 10.2 Å². The average Bonchev–Trinajstić information content (AvgIpc) is 3.34. The lowest BCUT2D eigenvalue weighted by molar-refractivity contribution is -0.146. The first kappa shape index (κ1) is 25.1. The summed E-state index contributed by atoms with van der Waals surface area (Å²) in [6, 6.07) is 2.35. The van der Waals surface area contributed by atoms with Crippen molar-refractivity contribution in [3.63, 3.8) is 0 Å². The van der Waals surface area contributed by atoms with Crippen molar-refractivity contribution in [2.45, 2.75) is 77.4 Å². The molecule has 3 saturated carbocycles. The van der Waals surface area contributed by atoms with Gasteiger partial charge in [0.2, 0.25) is 17.7 Å². The summed E-state index contributed by atoms with van der Waals surface area (Å²) in [7, 11) is 0. The summed E-state index contributed by atoms with van der Waals surface area (Å²) in [5.41, 5.74) is 1.71. The Morgan fingerprint density at radius 1 is 1.06 bits per heavy atom. The molecule has 4 aliphatic rings. The van der Waals surface area contributed by atoms with Crippen LogP contribution in [-0.4, -0.2) is 57.3 Å². The van der Waals surface area contributed by atoms with Gasteiger partial charge >= 0.3 is 5.97 Å². The van der Waals surface area contributed by atoms with Crippen LogP contribution in [0.2, 0.25) is 0 Å². The number of aromatic nitrogens is 1. The minimum Gasteiger partial charge on any atom is -0.492 e. The zero-order chi connectivity index (χ0) is 25.7. The Hall–Kier alpha value is -2.52. The number of hydrogen-bond donors (Lipinski definition) is 4. The summed E-state index contributed by atoms with van der Waals surface area (Å²) in [5.74, 6) is -0.170. The van der Waals surface area contributed by atoms with Crippen molar-refractivity contribution in [1.82, 2.24) is 10.0 Å². The highest BCUT2D eigenvalue weighted by Crippen LogP contribution is 2.65. The fourth-order valence-electron chi connectivity index (χ4n) is 7.83. The number of allylic oxidation sites excluding steroid dienone is 1. The van der Waals surface area contributed by atoms with E-state index >= 15 is 0 Å². The van der Waals surface area contributed by atoms with Crippen LogP contribution in [0.25, 0.3) is 0 Å². The van der Waals surface area contributed by atoms with Crippen molar-refractivity contribution in [1.29, 1.82) is 0 Å². The maximum Gasteiger partial charge on any atom is 0.352 e. The number of nitrogens with zero attached hydrogens (tertiary/aromatic N) is 1. The quantitative estimate of drug-likeness (QED) is 0.440. The predicted octanol–water partition coefficient (Wildman–Crippen LogP) is 2.68. The second-order valence-electron chi connectivity index (χ2n) is 11.6. The lowest BCUT2D eigenvalue weighted by atomic mass is 9.47. The van der Waals surface area contributed by atoms with Gasteiger partial charge in [-0.15, -0.1) is 4.73 Å². The third kappa shape index (κ3) is 4.30. The lowest BCUT2D eigenvalue weighted by Gasteiger charge is -2.58. The largest absolute Gasteiger partial charge is 0.492 e. The van der Waals surface area contributed by atoms with Crippen LogP contribution in [0, 0.1) is 28.6 Å². The molecule has 198 valence electrons. The van der Waals surface area contributed by atoms with Crippen LogP contribution in [0.15, 0.2) is 23.8 Å². The molecule has 1 amide bonds. The van der Waals surface area contributed by atoms with Crippen LogP contribution in [0.4, 0.5) is 0 Å². The Bertz CT molecular complexity index is 1030. The molecular weight excluding hydrogens is 464 g/mol. The number of aliphatic hydroxyl groups is 1. The molecule has 7 atom stereocenters. The van der Waals surface area contributed by atoms with Crippen LogP contribution in [0.3, 0.4) is 0 Å². The number of amides is 1. The smallest absolute Gasteiger partial charge is 0.352 e. The number of hydrogen-bond acceptors (Lipinski definition) is 7. The normalized spacial score (nSPS) is 37.3. The van der Waals surface area contributed by atoms with Gasteiger partial charge in [-0.3, -0.25) is 4.79 Å². The summed E-state index contributed by atoms with van der Waals surface area (Å²) < 4.78 is 6.47. The molecule has 1 heterocycles. The van der Waals surface area contributed by atoms with Crippen LogP contribution in [0.1, 0.15) is 65.2 Å². The Balaban J connectivity index is 1.13. The molecule has 0 aliphatic heterocycles. The van der Waals surface area contributed by atoms with E-state index in [1.54, 1.807) is 0 Å². The van der Waals surface area contributed by atoms with Crippen molar-refractivity contribution in [3.8, 4) is 11.8 Å². The van der Waals surface area contributed by atoms with E-state index in [4.69, 9.17) is 9.57 Å². The Morgan fingerprint density at radius 2 is 1.81 bits per heavy atom. The first-order chi connectivity index (χ1) is 17.1. The number of carbonyl (C=O) groups is 2. The number of aromatic hydroxyl groups is 2. The van der Waals surface area contributed by atoms with E-state index in [9.17, 15) is 24.9 Å². The maximum atomic E-state index is 12.2. The van der Waals surface area contributed by atoms with Gasteiger partial charge in [0.05, 0.1) is 12.2 Å². The maximum absolute atomic E-state index is 12.2. The number of nitrogens with one attached hydrogen (secondary N) is 1. The van der Waals surface area contributed by atoms with Crippen molar-refractivity contribution in [3.05, 3.63) is 23.8 Å². The van der Waals surface area contributed by atoms with E-state index in [1.807, 2.05) is 0 Å². The molecule has 1 aromatic heterocycles. The van der Waals surface area contributed by atoms with Gasteiger partial charge in [0, 0.05) is 12.1 Å². The molecular formula is C27H38N2O7. The molecule has 4 N–H and O–H groups in total. The van der Waals surface area contributed by atoms with E-state index in [2.05, 4.69) is 25.2 Å². The third-order valence-corrected chi connectivity index (χ3v) is 9.87. The van der Waals surface area contributed by atoms with Gasteiger partial charge in [-0.25, -0.2) is 4.79 Å². The van der Waals surface area contributed by atoms with Gasteiger partial charge in [-0.2, -0.15) is 0 Å². The molecule has 0 spiro atoms. The van der Waals surface area contributed by atoms with E-state index in [1.165, 1.54) is 30.5 Å². The standard InChI is InChI=1S/C27H38N2O7/c1-26-11-9-17(35-15-22(31)28-14-25(34)36-29-23(32)7-8-24(29)33)13-16(26)3-4-18-19-5-6-21(30)27(19,2)12-10-20(18)26/h7-8,13,17-21,30,32-33H,3-6,9-12,14-15H2,1-2H3,(H,28,31). The van der Waals surface area contributed by atoms with Crippen LogP contribution in [0.5, 0.6) is 11.8 Å².